The van der Waals surface area contributed by atoms with Crippen LogP contribution in [0, 0.1) is 0 Å². The van der Waals surface area contributed by atoms with E-state index in [1.54, 1.807) is 0 Å². The van der Waals surface area contributed by atoms with Gasteiger partial charge in [0.2, 0.25) is 5.91 Å². The Morgan fingerprint density at radius 3 is 1.97 bits per heavy atom. The molecule has 0 aliphatic carbocycles. The molecule has 0 aliphatic rings. The second-order valence-electron chi connectivity index (χ2n) is 7.35. The third-order valence-electron chi connectivity index (χ3n) is 4.16. The monoisotopic (exact) mass is 467 g/mol. The Bertz CT molecular complexity index is 639. The maximum atomic E-state index is 11.6. The summed E-state index contributed by atoms with van der Waals surface area (Å²) in [6.07, 6.45) is 10.2. The minimum atomic E-state index is -1.12. The van der Waals surface area contributed by atoms with Crippen LogP contribution in [-0.4, -0.2) is 83.3 Å². The summed E-state index contributed by atoms with van der Waals surface area (Å²) in [5, 5.41) is 20.1. The van der Waals surface area contributed by atoms with Gasteiger partial charge in [0.25, 0.3) is 0 Å². The zero-order valence-corrected chi connectivity index (χ0v) is 18.8. The molecule has 0 saturated heterocycles. The van der Waals surface area contributed by atoms with Gasteiger partial charge >= 0.3 is 49.7 Å². The number of hydrogen-bond acceptors (Lipinski definition) is 4. The summed E-state index contributed by atoms with van der Waals surface area (Å²) < 4.78 is 0. The first kappa shape index (κ1) is 31.4. The molecule has 0 aliphatic heterocycles. The van der Waals surface area contributed by atoms with Crippen LogP contribution in [0.25, 0.3) is 0 Å². The van der Waals surface area contributed by atoms with Crippen molar-refractivity contribution in [2.45, 2.75) is 72.3 Å². The Morgan fingerprint density at radius 2 is 1.43 bits per heavy atom. The van der Waals surface area contributed by atoms with Crippen molar-refractivity contribution in [1.82, 2.24) is 5.32 Å². The van der Waals surface area contributed by atoms with E-state index in [9.17, 15) is 19.5 Å². The molecule has 30 heavy (non-hydrogen) atoms. The molecule has 0 unspecified atom stereocenters. The van der Waals surface area contributed by atoms with Gasteiger partial charge in [0.15, 0.2) is 0 Å². The molecule has 0 aromatic rings. The van der Waals surface area contributed by atoms with Gasteiger partial charge in [0.05, 0.1) is 6.42 Å². The van der Waals surface area contributed by atoms with Crippen LogP contribution in [0.4, 0.5) is 0 Å². The fourth-order valence-corrected chi connectivity index (χ4v) is 3.39. The van der Waals surface area contributed by atoms with Crippen molar-refractivity contribution in [2.24, 2.45) is 0 Å². The zero-order chi connectivity index (χ0) is 22.2. The number of carboxylic acid groups (broad SMARTS) is 2. The first-order valence-electron chi connectivity index (χ1n) is 9.88. The third-order valence-corrected chi connectivity index (χ3v) is 5.13. The van der Waals surface area contributed by atoms with Crippen LogP contribution in [0.2, 0.25) is 0 Å². The average Bonchev–Trinajstić information content (AvgIpc) is 2.61. The van der Waals surface area contributed by atoms with Crippen molar-refractivity contribution in [3.63, 3.8) is 0 Å². The van der Waals surface area contributed by atoms with E-state index in [1.807, 2.05) is 0 Å². The molecule has 0 radical (unpaired) electrons. The van der Waals surface area contributed by atoms with Gasteiger partial charge < -0.3 is 15.5 Å². The number of hydrogen-bond donors (Lipinski definition) is 3. The SMILES string of the molecule is CC(C)=CCCC(C)=CCCC(C)=CCSC[C@H](NC(=O)CCC(=O)O)C(=O)O.[CaH2]. The van der Waals surface area contributed by atoms with Crippen molar-refractivity contribution in [3.05, 3.63) is 34.9 Å². The molecule has 168 valence electrons. The molecule has 0 rings (SSSR count). The summed E-state index contributed by atoms with van der Waals surface area (Å²) in [6, 6.07) is -1.01. The molecule has 8 heteroatoms. The third kappa shape index (κ3) is 19.2. The molecule has 0 aromatic carbocycles. The standard InChI is InChI=1S/C22H35NO5S.Ca.2H/c1-16(2)7-5-8-17(3)9-6-10-18(4)13-14-29-15-19(22(27)28)23-20(24)11-12-21(25)26;;;/h7,9,13,19H,5-6,8,10-12,14-15H2,1-4H3,(H,23,24)(H,25,26)(H,27,28);;;/t19-;;;/m0.../s1. The molecular formula is C22H37CaNO5S. The first-order chi connectivity index (χ1) is 13.6. The van der Waals surface area contributed by atoms with Crippen molar-refractivity contribution >= 4 is 67.3 Å². The summed E-state index contributed by atoms with van der Waals surface area (Å²) in [7, 11) is 0. The van der Waals surface area contributed by atoms with E-state index in [0.29, 0.717) is 5.75 Å². The van der Waals surface area contributed by atoms with Crippen LogP contribution in [0.1, 0.15) is 66.2 Å². The Hall–Kier alpha value is -0.760. The number of rotatable bonds is 15. The normalized spacial score (nSPS) is 12.5. The second-order valence-corrected chi connectivity index (χ2v) is 8.42. The predicted octanol–water partition coefficient (Wildman–Crippen LogP) is 3.66. The predicted molar refractivity (Wildman–Crippen MR) is 128 cm³/mol. The van der Waals surface area contributed by atoms with E-state index in [0.717, 1.165) is 25.7 Å². The molecule has 3 N–H and O–H groups in total. The zero-order valence-electron chi connectivity index (χ0n) is 18.0. The van der Waals surface area contributed by atoms with Crippen LogP contribution in [-0.2, 0) is 14.4 Å². The fraction of sp³-hybridized carbons (Fsp3) is 0.591. The maximum absolute atomic E-state index is 11.6. The Balaban J connectivity index is 0. The van der Waals surface area contributed by atoms with Crippen LogP contribution in [0.15, 0.2) is 34.9 Å². The number of aliphatic carboxylic acids is 2. The Morgan fingerprint density at radius 1 is 0.867 bits per heavy atom. The van der Waals surface area contributed by atoms with E-state index in [4.69, 9.17) is 5.11 Å². The molecule has 0 spiro atoms. The number of allylic oxidation sites excluding steroid dienone is 5. The van der Waals surface area contributed by atoms with Crippen molar-refractivity contribution < 1.29 is 24.6 Å². The van der Waals surface area contributed by atoms with Gasteiger partial charge in [0, 0.05) is 17.9 Å². The van der Waals surface area contributed by atoms with Gasteiger partial charge in [-0.3, -0.25) is 9.59 Å². The summed E-state index contributed by atoms with van der Waals surface area (Å²) in [5.41, 5.74) is 4.00. The van der Waals surface area contributed by atoms with E-state index in [1.165, 1.54) is 28.5 Å². The molecule has 1 atom stereocenters. The van der Waals surface area contributed by atoms with Crippen molar-refractivity contribution in [3.8, 4) is 0 Å². The number of carbonyl (C=O) groups excluding carboxylic acids is 1. The van der Waals surface area contributed by atoms with E-state index < -0.39 is 23.9 Å². The minimum absolute atomic E-state index is 0. The number of carbonyl (C=O) groups is 3. The molecular weight excluding hydrogens is 430 g/mol. The fourth-order valence-electron chi connectivity index (χ4n) is 2.39. The quantitative estimate of drug-likeness (QED) is 0.193. The first-order valence-corrected chi connectivity index (χ1v) is 11.0. The van der Waals surface area contributed by atoms with Crippen LogP contribution in [0.3, 0.4) is 0 Å². The molecule has 0 aromatic heterocycles. The van der Waals surface area contributed by atoms with Gasteiger partial charge in [-0.15, -0.1) is 0 Å². The van der Waals surface area contributed by atoms with Gasteiger partial charge in [-0.2, -0.15) is 11.8 Å². The topological polar surface area (TPSA) is 104 Å². The second kappa shape index (κ2) is 19.0. The molecule has 0 saturated carbocycles. The number of thioether (sulfide) groups is 1. The number of carboxylic acids is 2. The van der Waals surface area contributed by atoms with Gasteiger partial charge in [-0.1, -0.05) is 34.9 Å². The Labute approximate surface area is 214 Å². The Kier molecular flexibility index (Phi) is 19.9. The molecule has 0 bridgehead atoms. The molecule has 1 amide bonds. The van der Waals surface area contributed by atoms with Crippen molar-refractivity contribution in [2.75, 3.05) is 11.5 Å². The van der Waals surface area contributed by atoms with Gasteiger partial charge in [0.1, 0.15) is 6.04 Å². The van der Waals surface area contributed by atoms with E-state index in [-0.39, 0.29) is 56.3 Å². The molecule has 0 fully saturated rings. The van der Waals surface area contributed by atoms with Gasteiger partial charge in [-0.05, 0) is 53.4 Å². The van der Waals surface area contributed by atoms with E-state index in [2.05, 4.69) is 51.2 Å². The van der Waals surface area contributed by atoms with Crippen LogP contribution in [0.5, 0.6) is 0 Å². The van der Waals surface area contributed by atoms with Crippen LogP contribution >= 0.6 is 11.8 Å². The molecule has 6 nitrogen and oxygen atoms in total. The molecule has 0 heterocycles. The number of nitrogens with one attached hydrogen (secondary N) is 1. The number of amides is 1. The van der Waals surface area contributed by atoms with E-state index >= 15 is 0 Å². The van der Waals surface area contributed by atoms with Gasteiger partial charge in [-0.25, -0.2) is 4.79 Å². The summed E-state index contributed by atoms with van der Waals surface area (Å²) >= 11 is 1.43. The van der Waals surface area contributed by atoms with Crippen molar-refractivity contribution in [1.29, 1.82) is 0 Å². The van der Waals surface area contributed by atoms with Crippen LogP contribution < -0.4 is 5.32 Å². The summed E-state index contributed by atoms with van der Waals surface area (Å²) in [4.78, 5) is 33.3. The average molecular weight is 468 g/mol. The summed E-state index contributed by atoms with van der Waals surface area (Å²) in [5.74, 6) is -1.85. The summed E-state index contributed by atoms with van der Waals surface area (Å²) in [6.45, 7) is 8.44.